The molecule has 0 radical (unpaired) electrons. The molecule has 0 saturated carbocycles. The second-order valence-electron chi connectivity index (χ2n) is 7.09. The third kappa shape index (κ3) is 5.66. The molecule has 34 heavy (non-hydrogen) atoms. The maximum absolute atomic E-state index is 13.5. The maximum atomic E-state index is 13.5. The number of sulfonamides is 1. The quantitative estimate of drug-likeness (QED) is 0.296. The lowest BCUT2D eigenvalue weighted by Crippen LogP contribution is -2.38. The summed E-state index contributed by atoms with van der Waals surface area (Å²) in [6.07, 6.45) is 0. The fourth-order valence-electron chi connectivity index (χ4n) is 3.04. The fraction of sp³-hybridized carbons (Fsp3) is 0.136. The van der Waals surface area contributed by atoms with Gasteiger partial charge >= 0.3 is 0 Å². The van der Waals surface area contributed by atoms with Gasteiger partial charge < -0.3 is 10.1 Å². The molecule has 0 fully saturated rings. The summed E-state index contributed by atoms with van der Waals surface area (Å²) in [5.74, 6) is -0.152. The van der Waals surface area contributed by atoms with Crippen molar-refractivity contribution in [1.82, 2.24) is 0 Å². The average molecular weight is 569 g/mol. The second kappa shape index (κ2) is 10.4. The molecule has 3 rings (SSSR count). The van der Waals surface area contributed by atoms with Crippen molar-refractivity contribution in [1.29, 1.82) is 0 Å². The summed E-state index contributed by atoms with van der Waals surface area (Å²) in [7, 11) is -2.89. The van der Waals surface area contributed by atoms with Crippen LogP contribution in [-0.4, -0.2) is 32.9 Å². The van der Waals surface area contributed by atoms with E-state index in [9.17, 15) is 23.3 Å². The molecule has 1 amide bonds. The molecule has 178 valence electrons. The van der Waals surface area contributed by atoms with Crippen molar-refractivity contribution in [2.45, 2.75) is 11.8 Å². The van der Waals surface area contributed by atoms with Crippen molar-refractivity contribution in [3.63, 3.8) is 0 Å². The van der Waals surface area contributed by atoms with Crippen molar-refractivity contribution in [2.24, 2.45) is 0 Å². The predicted molar refractivity (Wildman–Crippen MR) is 133 cm³/mol. The Kier molecular flexibility index (Phi) is 7.80. The number of ether oxygens (including phenoxy) is 1. The number of nitrogens with one attached hydrogen (secondary N) is 1. The van der Waals surface area contributed by atoms with Gasteiger partial charge in [0.05, 0.1) is 27.6 Å². The van der Waals surface area contributed by atoms with Crippen LogP contribution in [0.4, 0.5) is 17.1 Å². The molecular formula is C22H19BrClN3O6S. The highest BCUT2D eigenvalue weighted by Gasteiger charge is 2.29. The smallest absolute Gasteiger partial charge is 0.273 e. The van der Waals surface area contributed by atoms with E-state index in [0.29, 0.717) is 26.5 Å². The Balaban J connectivity index is 2.00. The first kappa shape index (κ1) is 25.5. The molecule has 0 aliphatic rings. The van der Waals surface area contributed by atoms with E-state index in [4.69, 9.17) is 16.3 Å². The summed E-state index contributed by atoms with van der Waals surface area (Å²) in [4.78, 5) is 23.2. The monoisotopic (exact) mass is 567 g/mol. The largest absolute Gasteiger partial charge is 0.497 e. The molecule has 12 heteroatoms. The summed E-state index contributed by atoms with van der Waals surface area (Å²) in [5, 5.41) is 14.3. The molecule has 3 aromatic carbocycles. The summed E-state index contributed by atoms with van der Waals surface area (Å²) in [6.45, 7) is 0.913. The molecule has 0 aliphatic heterocycles. The second-order valence-corrected chi connectivity index (χ2v) is 10.2. The van der Waals surface area contributed by atoms with Gasteiger partial charge in [-0.25, -0.2) is 8.42 Å². The van der Waals surface area contributed by atoms with Crippen molar-refractivity contribution < 1.29 is 22.9 Å². The third-order valence-electron chi connectivity index (χ3n) is 4.82. The van der Waals surface area contributed by atoms with Gasteiger partial charge in [0.2, 0.25) is 5.91 Å². The van der Waals surface area contributed by atoms with Gasteiger partial charge in [-0.2, -0.15) is 0 Å². The van der Waals surface area contributed by atoms with Gasteiger partial charge in [0.1, 0.15) is 12.3 Å². The lowest BCUT2D eigenvalue weighted by atomic mass is 10.2. The minimum Gasteiger partial charge on any atom is -0.497 e. The number of hydrogen-bond donors (Lipinski definition) is 1. The number of carbonyl (C=O) groups is 1. The molecule has 1 N–H and O–H groups in total. The van der Waals surface area contributed by atoms with E-state index in [1.165, 1.54) is 44.4 Å². The zero-order valence-corrected chi connectivity index (χ0v) is 21.1. The first-order valence-electron chi connectivity index (χ1n) is 9.69. The highest BCUT2D eigenvalue weighted by Crippen LogP contribution is 2.30. The van der Waals surface area contributed by atoms with Crippen LogP contribution in [0.1, 0.15) is 5.56 Å². The number of rotatable bonds is 8. The number of amides is 1. The Hall–Kier alpha value is -3.15. The normalized spacial score (nSPS) is 11.1. The Morgan fingerprint density at radius 3 is 2.41 bits per heavy atom. The van der Waals surface area contributed by atoms with E-state index < -0.39 is 27.4 Å². The molecule has 0 saturated heterocycles. The van der Waals surface area contributed by atoms with E-state index >= 15 is 0 Å². The Labute approximate surface area is 209 Å². The van der Waals surface area contributed by atoms with Crippen LogP contribution < -0.4 is 14.4 Å². The molecule has 3 aromatic rings. The molecule has 0 aromatic heterocycles. The summed E-state index contributed by atoms with van der Waals surface area (Å²) in [6, 6.07) is 14.4. The molecule has 0 bridgehead atoms. The Morgan fingerprint density at radius 1 is 1.15 bits per heavy atom. The molecule has 0 atom stereocenters. The number of methoxy groups -OCH3 is 1. The van der Waals surface area contributed by atoms with Crippen LogP contribution in [0.2, 0.25) is 5.02 Å². The number of nitrogens with zero attached hydrogens (tertiary/aromatic N) is 2. The van der Waals surface area contributed by atoms with E-state index in [-0.39, 0.29) is 16.3 Å². The Bertz CT molecular complexity index is 1350. The number of benzene rings is 3. The number of nitro benzene ring substituents is 1. The van der Waals surface area contributed by atoms with Crippen LogP contribution in [0, 0.1) is 17.0 Å². The molecular weight excluding hydrogens is 550 g/mol. The number of nitro groups is 1. The standard InChI is InChI=1S/C22H19BrClN3O6S/c1-14-3-9-18(12-21(14)27(29)30)34(31,32)26(16-5-7-17(33-2)8-6-16)13-22(28)25-15-4-10-19(23)20(24)11-15/h3-12H,13H2,1-2H3,(H,25,28). The third-order valence-corrected chi connectivity index (χ3v) is 7.82. The van der Waals surface area contributed by atoms with Crippen molar-refractivity contribution in [3.05, 3.63) is 85.8 Å². The molecule has 0 aliphatic carbocycles. The molecule has 0 spiro atoms. The maximum Gasteiger partial charge on any atom is 0.273 e. The van der Waals surface area contributed by atoms with Gasteiger partial charge in [-0.1, -0.05) is 17.7 Å². The van der Waals surface area contributed by atoms with Crippen LogP contribution in [-0.2, 0) is 14.8 Å². The first-order chi connectivity index (χ1) is 16.0. The summed E-state index contributed by atoms with van der Waals surface area (Å²) < 4.78 is 33.7. The molecule has 0 heterocycles. The van der Waals surface area contributed by atoms with E-state index in [0.717, 1.165) is 10.4 Å². The van der Waals surface area contributed by atoms with Crippen molar-refractivity contribution >= 4 is 60.5 Å². The number of halogens is 2. The highest BCUT2D eigenvalue weighted by atomic mass is 79.9. The number of aryl methyl sites for hydroxylation is 1. The van der Waals surface area contributed by atoms with Crippen LogP contribution in [0.25, 0.3) is 0 Å². The molecule has 9 nitrogen and oxygen atoms in total. The minimum absolute atomic E-state index is 0.174. The minimum atomic E-state index is -4.36. The lowest BCUT2D eigenvalue weighted by molar-refractivity contribution is -0.385. The zero-order chi connectivity index (χ0) is 25.0. The van der Waals surface area contributed by atoms with Crippen molar-refractivity contribution in [3.8, 4) is 5.75 Å². The predicted octanol–water partition coefficient (Wildman–Crippen LogP) is 5.16. The highest BCUT2D eigenvalue weighted by molar-refractivity contribution is 9.10. The Morgan fingerprint density at radius 2 is 1.82 bits per heavy atom. The van der Waals surface area contributed by atoms with Crippen LogP contribution in [0.5, 0.6) is 5.75 Å². The van der Waals surface area contributed by atoms with Gasteiger partial charge in [-0.3, -0.25) is 19.2 Å². The number of carbonyl (C=O) groups excluding carboxylic acids is 1. The van der Waals surface area contributed by atoms with Gasteiger partial charge in [0, 0.05) is 21.8 Å². The number of anilines is 2. The van der Waals surface area contributed by atoms with E-state index in [1.54, 1.807) is 24.3 Å². The lowest BCUT2D eigenvalue weighted by Gasteiger charge is -2.24. The summed E-state index contributed by atoms with van der Waals surface area (Å²) in [5.41, 5.74) is 0.513. The average Bonchev–Trinajstić information content (AvgIpc) is 2.80. The van der Waals surface area contributed by atoms with E-state index in [2.05, 4.69) is 21.2 Å². The van der Waals surface area contributed by atoms with Crippen LogP contribution >= 0.6 is 27.5 Å². The first-order valence-corrected chi connectivity index (χ1v) is 12.3. The fourth-order valence-corrected chi connectivity index (χ4v) is 4.91. The summed E-state index contributed by atoms with van der Waals surface area (Å²) >= 11 is 9.32. The van der Waals surface area contributed by atoms with Gasteiger partial charge in [-0.15, -0.1) is 0 Å². The zero-order valence-electron chi connectivity index (χ0n) is 18.0. The van der Waals surface area contributed by atoms with E-state index in [1.807, 2.05) is 0 Å². The van der Waals surface area contributed by atoms with Crippen molar-refractivity contribution in [2.75, 3.05) is 23.3 Å². The number of hydrogen-bond acceptors (Lipinski definition) is 6. The van der Waals surface area contributed by atoms with Gasteiger partial charge in [-0.05, 0) is 71.4 Å². The van der Waals surface area contributed by atoms with Gasteiger partial charge in [0.25, 0.3) is 15.7 Å². The van der Waals surface area contributed by atoms with Gasteiger partial charge in [0.15, 0.2) is 0 Å². The van der Waals surface area contributed by atoms with Crippen LogP contribution in [0.15, 0.2) is 70.0 Å². The topological polar surface area (TPSA) is 119 Å². The SMILES string of the molecule is COc1ccc(N(CC(=O)Nc2ccc(Br)c(Cl)c2)S(=O)(=O)c2ccc(C)c([N+](=O)[O-])c2)cc1. The van der Waals surface area contributed by atoms with Crippen LogP contribution in [0.3, 0.4) is 0 Å². The molecule has 0 unspecified atom stereocenters.